The number of nitrogens with two attached hydrogens (primary N) is 1. The van der Waals surface area contributed by atoms with Gasteiger partial charge in [0.1, 0.15) is 5.76 Å². The minimum Gasteiger partial charge on any atom is -0.455 e. The number of nitrogens with zero attached hydrogens (tertiary/aromatic N) is 1. The monoisotopic (exact) mass is 377 g/mol. The van der Waals surface area contributed by atoms with Crippen molar-refractivity contribution >= 4 is 15.9 Å². The Morgan fingerprint density at radius 3 is 2.62 bits per heavy atom. The van der Waals surface area contributed by atoms with Gasteiger partial charge >= 0.3 is 0 Å². The summed E-state index contributed by atoms with van der Waals surface area (Å²) in [5, 5.41) is 0. The van der Waals surface area contributed by atoms with E-state index in [-0.39, 0.29) is 30.0 Å². The van der Waals surface area contributed by atoms with Crippen molar-refractivity contribution in [1.29, 1.82) is 0 Å². The Balaban J connectivity index is 1.70. The molecule has 1 aliphatic rings. The normalized spacial score (nSPS) is 20.5. The molecule has 1 amide bonds. The van der Waals surface area contributed by atoms with Crippen LogP contribution in [0.5, 0.6) is 0 Å². The predicted octanol–water partition coefficient (Wildman–Crippen LogP) is 1.14. The van der Waals surface area contributed by atoms with E-state index >= 15 is 0 Å². The lowest BCUT2D eigenvalue weighted by Gasteiger charge is -2.16. The number of hydrogen-bond donors (Lipinski definition) is 2. The zero-order chi connectivity index (χ0) is 18.7. The summed E-state index contributed by atoms with van der Waals surface area (Å²) in [7, 11) is -3.32. The van der Waals surface area contributed by atoms with Gasteiger partial charge in [-0.15, -0.1) is 0 Å². The van der Waals surface area contributed by atoms with Crippen LogP contribution in [0.4, 0.5) is 0 Å². The Bertz CT molecular complexity index is 864. The third-order valence-electron chi connectivity index (χ3n) is 4.64. The average Bonchev–Trinajstić information content (AvgIpc) is 3.26. The van der Waals surface area contributed by atoms with Crippen LogP contribution in [0.3, 0.4) is 0 Å². The summed E-state index contributed by atoms with van der Waals surface area (Å²) in [4.78, 5) is 14.5. The van der Waals surface area contributed by atoms with Crippen molar-refractivity contribution in [2.45, 2.75) is 12.5 Å². The van der Waals surface area contributed by atoms with Crippen molar-refractivity contribution in [3.8, 4) is 0 Å². The summed E-state index contributed by atoms with van der Waals surface area (Å²) in [6.07, 6.45) is 1.07. The third kappa shape index (κ3) is 4.32. The summed E-state index contributed by atoms with van der Waals surface area (Å²) >= 11 is 0. The first-order chi connectivity index (χ1) is 12.4. The molecule has 0 spiro atoms. The van der Waals surface area contributed by atoms with Gasteiger partial charge in [0.15, 0.2) is 5.76 Å². The molecular formula is C18H23N3O4S. The standard InChI is InChI=1S/C18H23N3O4S/c1-26(23,24)20-10-15-7-8-17(25-15)18(22)21-11-14(9-19)16(12-21)13-5-3-2-4-6-13/h2-8,14,16,20H,9-12,19H2,1H3/t14-,16+/m1/s1. The SMILES string of the molecule is CS(=O)(=O)NCc1ccc(C(=O)N2C[C@@H](CN)[C@H](c3ccccc3)C2)o1. The molecule has 0 aliphatic carbocycles. The molecule has 7 nitrogen and oxygen atoms in total. The minimum atomic E-state index is -3.32. The summed E-state index contributed by atoms with van der Waals surface area (Å²) in [6, 6.07) is 13.2. The topological polar surface area (TPSA) is 106 Å². The number of rotatable bonds is 6. The maximum absolute atomic E-state index is 12.8. The smallest absolute Gasteiger partial charge is 0.289 e. The zero-order valence-electron chi connectivity index (χ0n) is 14.6. The van der Waals surface area contributed by atoms with Crippen molar-refractivity contribution in [1.82, 2.24) is 9.62 Å². The summed E-state index contributed by atoms with van der Waals surface area (Å²) in [6.45, 7) is 1.68. The van der Waals surface area contributed by atoms with Gasteiger partial charge in [-0.05, 0) is 30.2 Å². The molecular weight excluding hydrogens is 354 g/mol. The van der Waals surface area contributed by atoms with Crippen molar-refractivity contribution in [3.63, 3.8) is 0 Å². The molecule has 0 bridgehead atoms. The van der Waals surface area contributed by atoms with Gasteiger partial charge in [-0.25, -0.2) is 13.1 Å². The van der Waals surface area contributed by atoms with Gasteiger partial charge < -0.3 is 15.1 Å². The zero-order valence-corrected chi connectivity index (χ0v) is 15.4. The van der Waals surface area contributed by atoms with Crippen LogP contribution in [0.2, 0.25) is 0 Å². The molecule has 1 saturated heterocycles. The maximum atomic E-state index is 12.8. The first-order valence-corrected chi connectivity index (χ1v) is 10.3. The molecule has 0 unspecified atom stereocenters. The fourth-order valence-corrected chi connectivity index (χ4v) is 3.70. The van der Waals surface area contributed by atoms with E-state index in [0.29, 0.717) is 25.4 Å². The maximum Gasteiger partial charge on any atom is 0.289 e. The molecule has 2 heterocycles. The summed E-state index contributed by atoms with van der Waals surface area (Å²) in [5.41, 5.74) is 7.10. The van der Waals surface area contributed by atoms with E-state index in [0.717, 1.165) is 6.26 Å². The third-order valence-corrected chi connectivity index (χ3v) is 5.31. The highest BCUT2D eigenvalue weighted by atomic mass is 32.2. The van der Waals surface area contributed by atoms with Crippen molar-refractivity contribution in [2.24, 2.45) is 11.7 Å². The molecule has 0 radical (unpaired) electrons. The summed E-state index contributed by atoms with van der Waals surface area (Å²) < 4.78 is 30.2. The molecule has 1 aromatic carbocycles. The van der Waals surface area contributed by atoms with Gasteiger partial charge in [0, 0.05) is 19.0 Å². The Labute approximate surface area is 153 Å². The van der Waals surface area contributed by atoms with Crippen LogP contribution in [0.1, 0.15) is 27.8 Å². The average molecular weight is 377 g/mol. The Hall–Kier alpha value is -2.16. The van der Waals surface area contributed by atoms with Gasteiger partial charge in [0.05, 0.1) is 12.8 Å². The first kappa shape index (κ1) is 18.6. The van der Waals surface area contributed by atoms with Gasteiger partial charge in [-0.3, -0.25) is 4.79 Å². The van der Waals surface area contributed by atoms with E-state index in [1.54, 1.807) is 17.0 Å². The number of likely N-dealkylation sites (tertiary alicyclic amines) is 1. The van der Waals surface area contributed by atoms with E-state index in [1.807, 2.05) is 18.2 Å². The number of furan rings is 1. The van der Waals surface area contributed by atoms with Crippen LogP contribution in [0.25, 0.3) is 0 Å². The van der Waals surface area contributed by atoms with Crippen LogP contribution < -0.4 is 10.5 Å². The van der Waals surface area contributed by atoms with E-state index in [4.69, 9.17) is 10.2 Å². The van der Waals surface area contributed by atoms with Crippen LogP contribution >= 0.6 is 0 Å². The lowest BCUT2D eigenvalue weighted by molar-refractivity contribution is 0.0753. The second-order valence-electron chi connectivity index (χ2n) is 6.58. The van der Waals surface area contributed by atoms with Gasteiger partial charge in [0.2, 0.25) is 10.0 Å². The number of carbonyl (C=O) groups excluding carboxylic acids is 1. The lowest BCUT2D eigenvalue weighted by atomic mass is 9.89. The number of carbonyl (C=O) groups is 1. The second kappa shape index (κ2) is 7.61. The second-order valence-corrected chi connectivity index (χ2v) is 8.42. The molecule has 2 atom stereocenters. The van der Waals surface area contributed by atoms with Crippen LogP contribution in [-0.2, 0) is 16.6 Å². The molecule has 0 saturated carbocycles. The highest BCUT2D eigenvalue weighted by Gasteiger charge is 2.36. The molecule has 140 valence electrons. The van der Waals surface area contributed by atoms with Gasteiger partial charge in [-0.1, -0.05) is 30.3 Å². The van der Waals surface area contributed by atoms with E-state index in [2.05, 4.69) is 16.9 Å². The van der Waals surface area contributed by atoms with Crippen molar-refractivity contribution < 1.29 is 17.6 Å². The summed E-state index contributed by atoms with van der Waals surface area (Å²) in [5.74, 6) is 0.800. The molecule has 8 heteroatoms. The predicted molar refractivity (Wildman–Crippen MR) is 98.0 cm³/mol. The Morgan fingerprint density at radius 2 is 1.96 bits per heavy atom. The number of nitrogens with one attached hydrogen (secondary N) is 1. The van der Waals surface area contributed by atoms with Crippen molar-refractivity contribution in [2.75, 3.05) is 25.9 Å². The van der Waals surface area contributed by atoms with Crippen LogP contribution in [0, 0.1) is 5.92 Å². The highest BCUT2D eigenvalue weighted by Crippen LogP contribution is 2.32. The molecule has 2 aromatic rings. The quantitative estimate of drug-likeness (QED) is 0.785. The van der Waals surface area contributed by atoms with Crippen LogP contribution in [-0.4, -0.2) is 45.1 Å². The van der Waals surface area contributed by atoms with E-state index < -0.39 is 10.0 Å². The number of sulfonamides is 1. The highest BCUT2D eigenvalue weighted by molar-refractivity contribution is 7.88. The molecule has 1 aromatic heterocycles. The van der Waals surface area contributed by atoms with Crippen molar-refractivity contribution in [3.05, 3.63) is 59.5 Å². The molecule has 26 heavy (non-hydrogen) atoms. The molecule has 3 rings (SSSR count). The fraction of sp³-hybridized carbons (Fsp3) is 0.389. The van der Waals surface area contributed by atoms with E-state index in [1.165, 1.54) is 5.56 Å². The van der Waals surface area contributed by atoms with Gasteiger partial charge in [0.25, 0.3) is 5.91 Å². The fourth-order valence-electron chi connectivity index (χ4n) is 3.30. The van der Waals surface area contributed by atoms with Crippen LogP contribution in [0.15, 0.2) is 46.9 Å². The first-order valence-electron chi connectivity index (χ1n) is 8.45. The van der Waals surface area contributed by atoms with Gasteiger partial charge in [-0.2, -0.15) is 0 Å². The molecule has 3 N–H and O–H groups in total. The number of amides is 1. The lowest BCUT2D eigenvalue weighted by Crippen LogP contribution is -2.29. The number of hydrogen-bond acceptors (Lipinski definition) is 5. The molecule has 1 aliphatic heterocycles. The Morgan fingerprint density at radius 1 is 1.23 bits per heavy atom. The number of benzene rings is 1. The Kier molecular flexibility index (Phi) is 5.45. The van der Waals surface area contributed by atoms with E-state index in [9.17, 15) is 13.2 Å². The molecule has 1 fully saturated rings. The minimum absolute atomic E-state index is 0.0180. The largest absolute Gasteiger partial charge is 0.455 e.